The monoisotopic (exact) mass is 319 g/mol. The Morgan fingerprint density at radius 2 is 1.91 bits per heavy atom. The predicted molar refractivity (Wildman–Crippen MR) is 97.2 cm³/mol. The fourth-order valence-corrected chi connectivity index (χ4v) is 2.93. The van der Waals surface area contributed by atoms with Crippen molar-refractivity contribution in [2.24, 2.45) is 0 Å². The minimum atomic E-state index is 0.325. The summed E-state index contributed by atoms with van der Waals surface area (Å²) in [5, 5.41) is 0. The topological polar surface area (TPSA) is 28.6 Å². The molecule has 0 bridgehead atoms. The first-order chi connectivity index (χ1) is 11.2. The van der Waals surface area contributed by atoms with E-state index in [0.29, 0.717) is 6.10 Å². The van der Waals surface area contributed by atoms with Crippen LogP contribution < -0.4 is 4.90 Å². The van der Waals surface area contributed by atoms with Crippen molar-refractivity contribution >= 4 is 5.82 Å². The number of anilines is 1. The summed E-state index contributed by atoms with van der Waals surface area (Å²) in [6.45, 7) is 13.0. The maximum Gasteiger partial charge on any atom is 0.128 e. The minimum absolute atomic E-state index is 0.325. The molecule has 0 amide bonds. The van der Waals surface area contributed by atoms with Crippen LogP contribution in [-0.2, 0) is 11.2 Å². The molecular weight excluding hydrogens is 286 g/mol. The van der Waals surface area contributed by atoms with Gasteiger partial charge in [0.2, 0.25) is 0 Å². The zero-order chi connectivity index (χ0) is 16.5. The molecule has 1 aliphatic rings. The van der Waals surface area contributed by atoms with Crippen LogP contribution in [0.5, 0.6) is 0 Å². The van der Waals surface area contributed by atoms with Gasteiger partial charge in [0.1, 0.15) is 5.82 Å². The van der Waals surface area contributed by atoms with Gasteiger partial charge in [0, 0.05) is 39.0 Å². The summed E-state index contributed by atoms with van der Waals surface area (Å²) in [6, 6.07) is 4.40. The molecule has 0 N–H and O–H groups in total. The number of nitrogens with zero attached hydrogens (tertiary/aromatic N) is 3. The van der Waals surface area contributed by atoms with Gasteiger partial charge in [-0.05, 0) is 51.3 Å². The number of rotatable bonds is 9. The molecule has 0 unspecified atom stereocenters. The van der Waals surface area contributed by atoms with E-state index in [9.17, 15) is 0 Å². The van der Waals surface area contributed by atoms with Crippen LogP contribution >= 0.6 is 0 Å². The molecule has 4 nitrogen and oxygen atoms in total. The Balaban J connectivity index is 1.72. The number of hydrogen-bond acceptors (Lipinski definition) is 4. The number of aryl methyl sites for hydroxylation is 1. The van der Waals surface area contributed by atoms with E-state index < -0.39 is 0 Å². The first kappa shape index (κ1) is 18.2. The second kappa shape index (κ2) is 9.89. The summed E-state index contributed by atoms with van der Waals surface area (Å²) in [6.07, 6.45) is 7.07. The van der Waals surface area contributed by atoms with Crippen LogP contribution in [0.25, 0.3) is 0 Å². The van der Waals surface area contributed by atoms with Crippen molar-refractivity contribution < 1.29 is 4.74 Å². The van der Waals surface area contributed by atoms with Crippen molar-refractivity contribution in [3.63, 3.8) is 0 Å². The van der Waals surface area contributed by atoms with Crippen LogP contribution in [0, 0.1) is 0 Å². The Labute approximate surface area is 141 Å². The van der Waals surface area contributed by atoms with Gasteiger partial charge in [-0.1, -0.05) is 19.4 Å². The summed E-state index contributed by atoms with van der Waals surface area (Å²) >= 11 is 0. The van der Waals surface area contributed by atoms with Crippen molar-refractivity contribution in [3.05, 3.63) is 23.9 Å². The van der Waals surface area contributed by atoms with Gasteiger partial charge in [-0.25, -0.2) is 4.98 Å². The molecule has 1 saturated heterocycles. The Bertz CT molecular complexity index is 425. The highest BCUT2D eigenvalue weighted by Crippen LogP contribution is 2.15. The number of unbranched alkanes of at least 4 members (excludes halogenated alkanes) is 1. The molecule has 0 spiro atoms. The molecule has 2 heterocycles. The van der Waals surface area contributed by atoms with Crippen LogP contribution in [0.15, 0.2) is 18.3 Å². The Morgan fingerprint density at radius 3 is 2.52 bits per heavy atom. The van der Waals surface area contributed by atoms with E-state index in [-0.39, 0.29) is 0 Å². The molecule has 0 radical (unpaired) electrons. The van der Waals surface area contributed by atoms with E-state index in [2.05, 4.69) is 47.7 Å². The molecule has 1 aromatic heterocycles. The summed E-state index contributed by atoms with van der Waals surface area (Å²) in [4.78, 5) is 9.65. The normalized spacial score (nSPS) is 16.3. The quantitative estimate of drug-likeness (QED) is 0.653. The Kier molecular flexibility index (Phi) is 7.83. The average Bonchev–Trinajstić information content (AvgIpc) is 2.58. The number of hydrogen-bond donors (Lipinski definition) is 0. The Hall–Kier alpha value is -1.13. The van der Waals surface area contributed by atoms with Gasteiger partial charge in [0.25, 0.3) is 0 Å². The molecular formula is C19H33N3O. The van der Waals surface area contributed by atoms with E-state index in [4.69, 9.17) is 4.74 Å². The number of pyridine rings is 1. The standard InChI is InChI=1S/C19H33N3O/c1-4-5-10-21-11-13-22(14-12-21)19-9-8-18(16-20-19)7-6-15-23-17(2)3/h8-9,16-17H,4-7,10-15H2,1-3H3. The smallest absolute Gasteiger partial charge is 0.128 e. The van der Waals surface area contributed by atoms with Crippen LogP contribution in [-0.4, -0.2) is 55.3 Å². The molecule has 1 aliphatic heterocycles. The summed E-state index contributed by atoms with van der Waals surface area (Å²) < 4.78 is 5.59. The van der Waals surface area contributed by atoms with E-state index in [1.165, 1.54) is 24.9 Å². The van der Waals surface area contributed by atoms with Gasteiger partial charge in [-0.15, -0.1) is 0 Å². The minimum Gasteiger partial charge on any atom is -0.379 e. The molecule has 1 aromatic rings. The second-order valence-corrected chi connectivity index (χ2v) is 6.73. The lowest BCUT2D eigenvalue weighted by Crippen LogP contribution is -2.46. The Morgan fingerprint density at radius 1 is 1.13 bits per heavy atom. The van der Waals surface area contributed by atoms with E-state index in [1.807, 2.05) is 6.20 Å². The fourth-order valence-electron chi connectivity index (χ4n) is 2.93. The molecule has 0 saturated carbocycles. The molecule has 23 heavy (non-hydrogen) atoms. The van der Waals surface area contributed by atoms with Crippen LogP contribution in [0.4, 0.5) is 5.82 Å². The third kappa shape index (κ3) is 6.48. The maximum absolute atomic E-state index is 5.59. The predicted octanol–water partition coefficient (Wildman–Crippen LogP) is 3.36. The van der Waals surface area contributed by atoms with Gasteiger partial charge in [0.05, 0.1) is 6.10 Å². The van der Waals surface area contributed by atoms with Crippen LogP contribution in [0.1, 0.15) is 45.6 Å². The third-order valence-corrected chi connectivity index (χ3v) is 4.39. The van der Waals surface area contributed by atoms with Gasteiger partial charge < -0.3 is 9.64 Å². The average molecular weight is 319 g/mol. The highest BCUT2D eigenvalue weighted by atomic mass is 16.5. The molecule has 130 valence electrons. The summed E-state index contributed by atoms with van der Waals surface area (Å²) in [5.41, 5.74) is 1.31. The maximum atomic E-state index is 5.59. The molecule has 2 rings (SSSR count). The SMILES string of the molecule is CCCCN1CCN(c2ccc(CCCOC(C)C)cn2)CC1. The lowest BCUT2D eigenvalue weighted by atomic mass is 10.1. The number of aromatic nitrogens is 1. The lowest BCUT2D eigenvalue weighted by Gasteiger charge is -2.35. The fraction of sp³-hybridized carbons (Fsp3) is 0.737. The molecule has 1 fully saturated rings. The summed E-state index contributed by atoms with van der Waals surface area (Å²) in [5.74, 6) is 1.13. The number of ether oxygens (including phenoxy) is 1. The van der Waals surface area contributed by atoms with Gasteiger partial charge in [0.15, 0.2) is 0 Å². The van der Waals surface area contributed by atoms with Crippen molar-refractivity contribution in [1.29, 1.82) is 0 Å². The second-order valence-electron chi connectivity index (χ2n) is 6.73. The van der Waals surface area contributed by atoms with Crippen molar-refractivity contribution in [3.8, 4) is 0 Å². The van der Waals surface area contributed by atoms with E-state index in [1.54, 1.807) is 0 Å². The molecule has 0 atom stereocenters. The van der Waals surface area contributed by atoms with Crippen molar-refractivity contribution in [1.82, 2.24) is 9.88 Å². The summed E-state index contributed by atoms with van der Waals surface area (Å²) in [7, 11) is 0. The van der Waals surface area contributed by atoms with Crippen LogP contribution in [0.2, 0.25) is 0 Å². The third-order valence-electron chi connectivity index (χ3n) is 4.39. The molecule has 4 heteroatoms. The van der Waals surface area contributed by atoms with Crippen molar-refractivity contribution in [2.45, 2.75) is 52.6 Å². The van der Waals surface area contributed by atoms with E-state index >= 15 is 0 Å². The lowest BCUT2D eigenvalue weighted by molar-refractivity contribution is 0.0772. The largest absolute Gasteiger partial charge is 0.379 e. The first-order valence-electron chi connectivity index (χ1n) is 9.23. The number of piperazine rings is 1. The van der Waals surface area contributed by atoms with Crippen molar-refractivity contribution in [2.75, 3.05) is 44.2 Å². The highest BCUT2D eigenvalue weighted by molar-refractivity contribution is 5.39. The van der Waals surface area contributed by atoms with Crippen LogP contribution in [0.3, 0.4) is 0 Å². The van der Waals surface area contributed by atoms with Gasteiger partial charge in [-0.3, -0.25) is 4.90 Å². The molecule has 0 aliphatic carbocycles. The van der Waals surface area contributed by atoms with E-state index in [0.717, 1.165) is 51.4 Å². The zero-order valence-electron chi connectivity index (χ0n) is 15.1. The first-order valence-corrected chi connectivity index (χ1v) is 9.23. The highest BCUT2D eigenvalue weighted by Gasteiger charge is 2.17. The zero-order valence-corrected chi connectivity index (χ0v) is 15.1. The molecule has 0 aromatic carbocycles. The van der Waals surface area contributed by atoms with Gasteiger partial charge in [-0.2, -0.15) is 0 Å². The van der Waals surface area contributed by atoms with Gasteiger partial charge >= 0.3 is 0 Å².